The molecule has 5 heteroatoms. The molecule has 1 atom stereocenters. The van der Waals surface area contributed by atoms with Gasteiger partial charge in [0.15, 0.2) is 0 Å². The van der Waals surface area contributed by atoms with Gasteiger partial charge in [-0.2, -0.15) is 0 Å². The van der Waals surface area contributed by atoms with Gasteiger partial charge < -0.3 is 0 Å². The second kappa shape index (κ2) is 6.12. The van der Waals surface area contributed by atoms with Crippen LogP contribution in [0, 0.1) is 0 Å². The molecule has 3 rings (SSSR count). The maximum Gasteiger partial charge on any atom is 0.0726 e. The first-order valence-corrected chi connectivity index (χ1v) is 7.61. The van der Waals surface area contributed by atoms with Crippen molar-refractivity contribution in [3.63, 3.8) is 0 Å². The first kappa shape index (κ1) is 14.5. The minimum absolute atomic E-state index is 0.169. The molecular weight excluding hydrogens is 350 g/mol. The van der Waals surface area contributed by atoms with Gasteiger partial charge in [-0.3, -0.25) is 10.8 Å². The smallest absolute Gasteiger partial charge is 0.0726 e. The molecule has 3 nitrogen and oxygen atoms in total. The van der Waals surface area contributed by atoms with E-state index in [0.29, 0.717) is 5.02 Å². The van der Waals surface area contributed by atoms with Crippen molar-refractivity contribution in [2.45, 2.75) is 6.04 Å². The van der Waals surface area contributed by atoms with E-state index in [1.54, 1.807) is 0 Å². The van der Waals surface area contributed by atoms with E-state index in [9.17, 15) is 0 Å². The van der Waals surface area contributed by atoms with E-state index in [1.165, 1.54) is 0 Å². The third kappa shape index (κ3) is 3.09. The lowest BCUT2D eigenvalue weighted by atomic mass is 9.99. The number of rotatable bonds is 3. The van der Waals surface area contributed by atoms with Crippen molar-refractivity contribution >= 4 is 38.4 Å². The van der Waals surface area contributed by atoms with Gasteiger partial charge in [-0.15, -0.1) is 0 Å². The van der Waals surface area contributed by atoms with E-state index in [1.807, 2.05) is 48.7 Å². The second-order valence-corrected chi connectivity index (χ2v) is 6.12. The average molecular weight is 363 g/mol. The van der Waals surface area contributed by atoms with Crippen LogP contribution >= 0.6 is 27.5 Å². The normalized spacial score (nSPS) is 12.5. The zero-order valence-corrected chi connectivity index (χ0v) is 13.4. The number of pyridine rings is 1. The van der Waals surface area contributed by atoms with Crippen molar-refractivity contribution in [3.8, 4) is 0 Å². The third-order valence-electron chi connectivity index (χ3n) is 3.33. The average Bonchev–Trinajstić information content (AvgIpc) is 2.47. The highest BCUT2D eigenvalue weighted by Crippen LogP contribution is 2.28. The summed E-state index contributed by atoms with van der Waals surface area (Å²) in [5.74, 6) is 5.74. The Morgan fingerprint density at radius 1 is 1.10 bits per heavy atom. The molecule has 2 aromatic carbocycles. The van der Waals surface area contributed by atoms with Gasteiger partial charge in [0.1, 0.15) is 0 Å². The van der Waals surface area contributed by atoms with Crippen LogP contribution in [0.2, 0.25) is 5.02 Å². The first-order chi connectivity index (χ1) is 10.2. The van der Waals surface area contributed by atoms with Gasteiger partial charge in [0.25, 0.3) is 0 Å². The van der Waals surface area contributed by atoms with Crippen molar-refractivity contribution in [3.05, 3.63) is 75.4 Å². The van der Waals surface area contributed by atoms with Crippen LogP contribution in [-0.2, 0) is 0 Å². The number of aromatic nitrogens is 1. The molecule has 3 aromatic rings. The number of fused-ring (bicyclic) bond motifs is 1. The highest BCUT2D eigenvalue weighted by molar-refractivity contribution is 9.10. The Balaban J connectivity index is 2.08. The molecule has 0 aliphatic heterocycles. The van der Waals surface area contributed by atoms with Crippen molar-refractivity contribution < 1.29 is 0 Å². The second-order valence-electron chi connectivity index (χ2n) is 4.76. The van der Waals surface area contributed by atoms with E-state index in [0.717, 1.165) is 26.5 Å². The van der Waals surface area contributed by atoms with E-state index >= 15 is 0 Å². The number of nitrogens with two attached hydrogens (primary N) is 1. The molecule has 0 bridgehead atoms. The summed E-state index contributed by atoms with van der Waals surface area (Å²) in [6.07, 6.45) is 1.83. The predicted molar refractivity (Wildman–Crippen MR) is 90.1 cm³/mol. The van der Waals surface area contributed by atoms with E-state index in [-0.39, 0.29) is 6.04 Å². The zero-order valence-electron chi connectivity index (χ0n) is 11.1. The molecule has 0 aliphatic rings. The molecule has 0 saturated carbocycles. The van der Waals surface area contributed by atoms with Gasteiger partial charge in [-0.05, 0) is 41.5 Å². The number of hydrogen-bond acceptors (Lipinski definition) is 3. The lowest BCUT2D eigenvalue weighted by Crippen LogP contribution is -2.29. The third-order valence-corrected chi connectivity index (χ3v) is 4.01. The van der Waals surface area contributed by atoms with Crippen LogP contribution in [0.4, 0.5) is 0 Å². The molecule has 1 heterocycles. The molecular formula is C16H13BrClN3. The molecule has 21 heavy (non-hydrogen) atoms. The van der Waals surface area contributed by atoms with E-state index < -0.39 is 0 Å². The summed E-state index contributed by atoms with van der Waals surface area (Å²) < 4.78 is 0.916. The lowest BCUT2D eigenvalue weighted by Gasteiger charge is -2.17. The van der Waals surface area contributed by atoms with Crippen LogP contribution < -0.4 is 11.3 Å². The van der Waals surface area contributed by atoms with Crippen LogP contribution in [0.1, 0.15) is 17.2 Å². The Morgan fingerprint density at radius 3 is 2.67 bits per heavy atom. The van der Waals surface area contributed by atoms with E-state index in [4.69, 9.17) is 17.4 Å². The number of nitrogens with zero attached hydrogens (tertiary/aromatic N) is 1. The molecule has 3 N–H and O–H groups in total. The number of benzene rings is 2. The SMILES string of the molecule is NNC(c1cc(Cl)cc(Br)c1)c1cnc2ccccc2c1. The molecule has 0 amide bonds. The molecule has 0 saturated heterocycles. The van der Waals surface area contributed by atoms with Crippen LogP contribution in [0.3, 0.4) is 0 Å². The fourth-order valence-corrected chi connectivity index (χ4v) is 3.26. The van der Waals surface area contributed by atoms with Crippen molar-refractivity contribution in [1.82, 2.24) is 10.4 Å². The molecule has 0 spiro atoms. The van der Waals surface area contributed by atoms with Gasteiger partial charge in [-0.1, -0.05) is 45.7 Å². The molecule has 0 radical (unpaired) electrons. The van der Waals surface area contributed by atoms with Gasteiger partial charge in [0.05, 0.1) is 11.6 Å². The topological polar surface area (TPSA) is 50.9 Å². The number of nitrogens with one attached hydrogen (secondary N) is 1. The number of para-hydroxylation sites is 1. The Bertz CT molecular complexity index is 771. The molecule has 1 unspecified atom stereocenters. The standard InChI is InChI=1S/C16H13BrClN3/c17-13-6-11(7-14(18)8-13)16(21-19)12-5-10-3-1-2-4-15(10)20-9-12/h1-9,16,21H,19H2. The highest BCUT2D eigenvalue weighted by atomic mass is 79.9. The van der Waals surface area contributed by atoms with E-state index in [2.05, 4.69) is 32.4 Å². The van der Waals surface area contributed by atoms with Crippen LogP contribution in [0.15, 0.2) is 59.2 Å². The highest BCUT2D eigenvalue weighted by Gasteiger charge is 2.14. The van der Waals surface area contributed by atoms with Gasteiger partial charge in [-0.25, -0.2) is 5.43 Å². The largest absolute Gasteiger partial charge is 0.271 e. The van der Waals surface area contributed by atoms with Gasteiger partial charge in [0.2, 0.25) is 0 Å². The quantitative estimate of drug-likeness (QED) is 0.542. The molecule has 0 fully saturated rings. The summed E-state index contributed by atoms with van der Waals surface area (Å²) in [6.45, 7) is 0. The summed E-state index contributed by atoms with van der Waals surface area (Å²) in [5.41, 5.74) is 5.77. The maximum absolute atomic E-state index is 6.12. The maximum atomic E-state index is 6.12. The van der Waals surface area contributed by atoms with Crippen molar-refractivity contribution in [2.24, 2.45) is 5.84 Å². The predicted octanol–water partition coefficient (Wildman–Crippen LogP) is 4.20. The zero-order chi connectivity index (χ0) is 14.8. The number of hydrogen-bond donors (Lipinski definition) is 2. The summed E-state index contributed by atoms with van der Waals surface area (Å²) in [7, 11) is 0. The molecule has 1 aromatic heterocycles. The number of hydrazine groups is 1. The number of halogens is 2. The van der Waals surface area contributed by atoms with Crippen molar-refractivity contribution in [1.29, 1.82) is 0 Å². The summed E-state index contributed by atoms with van der Waals surface area (Å²) in [6, 6.07) is 15.6. The van der Waals surface area contributed by atoms with Crippen LogP contribution in [0.25, 0.3) is 10.9 Å². The fraction of sp³-hybridized carbons (Fsp3) is 0.0625. The summed E-state index contributed by atoms with van der Waals surface area (Å²) >= 11 is 9.57. The Kier molecular flexibility index (Phi) is 4.22. The fourth-order valence-electron chi connectivity index (χ4n) is 2.37. The summed E-state index contributed by atoms with van der Waals surface area (Å²) in [5, 5.41) is 1.74. The minimum atomic E-state index is -0.169. The van der Waals surface area contributed by atoms with Crippen molar-refractivity contribution in [2.75, 3.05) is 0 Å². The Hall–Kier alpha value is -1.46. The van der Waals surface area contributed by atoms with Crippen LogP contribution in [0.5, 0.6) is 0 Å². The Morgan fingerprint density at radius 2 is 1.90 bits per heavy atom. The first-order valence-electron chi connectivity index (χ1n) is 6.44. The summed E-state index contributed by atoms with van der Waals surface area (Å²) in [4.78, 5) is 4.48. The molecule has 106 valence electrons. The molecule has 0 aliphatic carbocycles. The van der Waals surface area contributed by atoms with Crippen LogP contribution in [-0.4, -0.2) is 4.98 Å². The lowest BCUT2D eigenvalue weighted by molar-refractivity contribution is 0.635. The Labute approximate surface area is 136 Å². The minimum Gasteiger partial charge on any atom is -0.271 e. The monoisotopic (exact) mass is 361 g/mol. The van der Waals surface area contributed by atoms with Gasteiger partial charge in [0, 0.05) is 21.1 Å². The van der Waals surface area contributed by atoms with Gasteiger partial charge >= 0.3 is 0 Å².